The van der Waals surface area contributed by atoms with Crippen LogP contribution in [0.5, 0.6) is 0 Å². The van der Waals surface area contributed by atoms with Crippen molar-refractivity contribution in [3.05, 3.63) is 12.2 Å². The Hall–Kier alpha value is -1.89. The van der Waals surface area contributed by atoms with E-state index in [9.17, 15) is 29.7 Å². The fraction of sp³-hybridized carbons (Fsp3) is 0.848. The van der Waals surface area contributed by atoms with Crippen molar-refractivity contribution < 1.29 is 34.2 Å². The van der Waals surface area contributed by atoms with E-state index in [1.54, 1.807) is 0 Å². The van der Waals surface area contributed by atoms with Crippen LogP contribution < -0.4 is 5.11 Å². The summed E-state index contributed by atoms with van der Waals surface area (Å²) < 4.78 is -0.538. The van der Waals surface area contributed by atoms with Crippen LogP contribution in [0.15, 0.2) is 12.2 Å². The molecule has 3 atom stereocenters. The first-order valence-electron chi connectivity index (χ1n) is 16.3. The van der Waals surface area contributed by atoms with Gasteiger partial charge in [-0.1, -0.05) is 109 Å². The summed E-state index contributed by atoms with van der Waals surface area (Å²) in [7, 11) is 0. The van der Waals surface area contributed by atoms with Crippen LogP contribution in [0.1, 0.15) is 156 Å². The van der Waals surface area contributed by atoms with Gasteiger partial charge in [0.2, 0.25) is 0 Å². The molecule has 7 nitrogen and oxygen atoms in total. The van der Waals surface area contributed by atoms with Crippen LogP contribution in [-0.2, 0) is 14.4 Å². The van der Waals surface area contributed by atoms with Gasteiger partial charge in [-0.2, -0.15) is 0 Å². The minimum atomic E-state index is -1.42. The van der Waals surface area contributed by atoms with Crippen molar-refractivity contribution >= 4 is 17.9 Å². The Kier molecular flexibility index (Phi) is 22.7. The van der Waals surface area contributed by atoms with Crippen LogP contribution in [-0.4, -0.2) is 57.3 Å². The molecule has 0 heterocycles. The standard InChI is InChI=1S/C33H61NO6/c1-5-6-7-8-9-10-11-12-13-14-15-16-17-18-19-20-21-22-23-24-25-26-27-34(28(2)31(35)36,29(3)32(37)38)30(4)33(39)40/h10-11,28-30H,5-9,12-27H2,1-4H3,(H2-,35,36,37,38,39,40)/b11-10+. The van der Waals surface area contributed by atoms with Crippen molar-refractivity contribution in [2.75, 3.05) is 6.54 Å². The van der Waals surface area contributed by atoms with E-state index in [0.29, 0.717) is 6.42 Å². The number of carboxylic acids is 3. The first-order valence-corrected chi connectivity index (χ1v) is 16.3. The molecule has 0 aromatic carbocycles. The van der Waals surface area contributed by atoms with Crippen LogP contribution >= 0.6 is 0 Å². The second-order valence-corrected chi connectivity index (χ2v) is 11.8. The number of hydrogen-bond donors (Lipinski definition) is 2. The molecule has 0 rings (SSSR count). The number of quaternary nitrogens is 1. The van der Waals surface area contributed by atoms with E-state index < -0.39 is 40.5 Å². The summed E-state index contributed by atoms with van der Waals surface area (Å²) in [4.78, 5) is 35.3. The summed E-state index contributed by atoms with van der Waals surface area (Å²) in [5.41, 5.74) is 0. The molecule has 0 aromatic rings. The number of carboxylic acid groups (broad SMARTS) is 3. The molecule has 0 aliphatic rings. The highest BCUT2D eigenvalue weighted by atomic mass is 16.4. The van der Waals surface area contributed by atoms with Crippen LogP contribution in [0.2, 0.25) is 0 Å². The fourth-order valence-corrected chi connectivity index (χ4v) is 5.89. The van der Waals surface area contributed by atoms with Crippen LogP contribution in [0, 0.1) is 0 Å². The Bertz CT molecular complexity index is 657. The Morgan fingerprint density at radius 1 is 0.575 bits per heavy atom. The highest BCUT2D eigenvalue weighted by molar-refractivity contribution is 5.76. The Morgan fingerprint density at radius 3 is 1.23 bits per heavy atom. The number of carbonyl (C=O) groups is 3. The third-order valence-electron chi connectivity index (χ3n) is 8.78. The van der Waals surface area contributed by atoms with E-state index in [1.165, 1.54) is 124 Å². The van der Waals surface area contributed by atoms with Gasteiger partial charge in [0.15, 0.2) is 12.1 Å². The molecule has 2 N–H and O–H groups in total. The molecule has 0 bridgehead atoms. The van der Waals surface area contributed by atoms with Crippen molar-refractivity contribution in [1.82, 2.24) is 0 Å². The Morgan fingerprint density at radius 2 is 0.900 bits per heavy atom. The summed E-state index contributed by atoms with van der Waals surface area (Å²) in [6.07, 6.45) is 29.0. The van der Waals surface area contributed by atoms with Gasteiger partial charge in [0.1, 0.15) is 6.04 Å². The van der Waals surface area contributed by atoms with Gasteiger partial charge in [-0.3, -0.25) is 4.48 Å². The number of carbonyl (C=O) groups excluding carboxylic acids is 1. The van der Waals surface area contributed by atoms with Crippen molar-refractivity contribution in [2.24, 2.45) is 0 Å². The van der Waals surface area contributed by atoms with E-state index >= 15 is 0 Å². The zero-order valence-electron chi connectivity index (χ0n) is 26.2. The van der Waals surface area contributed by atoms with E-state index in [0.717, 1.165) is 19.3 Å². The molecule has 0 aliphatic heterocycles. The van der Waals surface area contributed by atoms with Crippen molar-refractivity contribution in [1.29, 1.82) is 0 Å². The molecular formula is C33H61NO6. The largest absolute Gasteiger partial charge is 0.544 e. The monoisotopic (exact) mass is 567 g/mol. The fourth-order valence-electron chi connectivity index (χ4n) is 5.89. The Balaban J connectivity index is 3.97. The Labute approximate surface area is 245 Å². The molecule has 0 amide bonds. The molecule has 3 unspecified atom stereocenters. The first-order chi connectivity index (χ1) is 19.1. The molecule has 0 saturated carbocycles. The predicted molar refractivity (Wildman–Crippen MR) is 161 cm³/mol. The molecule has 0 spiro atoms. The molecule has 0 fully saturated rings. The maximum Gasteiger partial charge on any atom is 0.362 e. The quantitative estimate of drug-likeness (QED) is 0.0584. The van der Waals surface area contributed by atoms with E-state index in [2.05, 4.69) is 19.1 Å². The number of nitrogens with zero attached hydrogens (tertiary/aromatic N) is 1. The van der Waals surface area contributed by atoms with Gasteiger partial charge in [-0.25, -0.2) is 9.59 Å². The lowest BCUT2D eigenvalue weighted by Crippen LogP contribution is -2.72. The van der Waals surface area contributed by atoms with E-state index in [4.69, 9.17) is 0 Å². The highest BCUT2D eigenvalue weighted by Crippen LogP contribution is 2.27. The predicted octanol–water partition coefficient (Wildman–Crippen LogP) is 7.27. The maximum absolute atomic E-state index is 11.8. The van der Waals surface area contributed by atoms with Crippen molar-refractivity contribution in [2.45, 2.75) is 174 Å². The number of aliphatic carboxylic acids is 3. The van der Waals surface area contributed by atoms with Gasteiger partial charge < -0.3 is 20.1 Å². The number of allylic oxidation sites excluding steroid dienone is 2. The third kappa shape index (κ3) is 15.8. The molecule has 0 aromatic heterocycles. The average molecular weight is 568 g/mol. The third-order valence-corrected chi connectivity index (χ3v) is 8.78. The molecule has 40 heavy (non-hydrogen) atoms. The van der Waals surface area contributed by atoms with E-state index in [-0.39, 0.29) is 6.54 Å². The number of hydrogen-bond acceptors (Lipinski definition) is 4. The van der Waals surface area contributed by atoms with Gasteiger partial charge >= 0.3 is 11.9 Å². The van der Waals surface area contributed by atoms with Gasteiger partial charge in [0.05, 0.1) is 12.5 Å². The first kappa shape index (κ1) is 38.1. The summed E-state index contributed by atoms with van der Waals surface area (Å²) in [5, 5.41) is 31.0. The van der Waals surface area contributed by atoms with Gasteiger partial charge in [0.25, 0.3) is 0 Å². The van der Waals surface area contributed by atoms with Gasteiger partial charge in [0, 0.05) is 0 Å². The van der Waals surface area contributed by atoms with Crippen LogP contribution in [0.25, 0.3) is 0 Å². The average Bonchev–Trinajstić information content (AvgIpc) is 2.92. The number of unbranched alkanes of at least 4 members (excludes halogenated alkanes) is 18. The molecular weight excluding hydrogens is 506 g/mol. The zero-order valence-corrected chi connectivity index (χ0v) is 26.2. The van der Waals surface area contributed by atoms with E-state index in [1.807, 2.05) is 0 Å². The second kappa shape index (κ2) is 23.8. The minimum Gasteiger partial charge on any atom is -0.544 e. The summed E-state index contributed by atoms with van der Waals surface area (Å²) in [6.45, 7) is 6.60. The molecule has 0 aliphatic carbocycles. The SMILES string of the molecule is CCCCCC/C=C/CCCCCCCCCCCCCCCC[N+](C(C)C(=O)[O-])(C(C)C(=O)O)C(C)C(=O)O. The highest BCUT2D eigenvalue weighted by Gasteiger charge is 2.50. The topological polar surface area (TPSA) is 115 Å². The zero-order chi connectivity index (χ0) is 30.2. The maximum atomic E-state index is 11.8. The molecule has 0 radical (unpaired) electrons. The second-order valence-electron chi connectivity index (χ2n) is 11.8. The molecule has 234 valence electrons. The van der Waals surface area contributed by atoms with Crippen molar-refractivity contribution in [3.63, 3.8) is 0 Å². The summed E-state index contributed by atoms with van der Waals surface area (Å²) >= 11 is 0. The molecule has 7 heteroatoms. The van der Waals surface area contributed by atoms with Gasteiger partial charge in [-0.05, 0) is 59.3 Å². The summed E-state index contributed by atoms with van der Waals surface area (Å²) in [6, 6.07) is -3.55. The minimum absolute atomic E-state index is 0.186. The van der Waals surface area contributed by atoms with Crippen LogP contribution in [0.3, 0.4) is 0 Å². The smallest absolute Gasteiger partial charge is 0.362 e. The molecule has 0 saturated heterocycles. The van der Waals surface area contributed by atoms with Crippen LogP contribution in [0.4, 0.5) is 0 Å². The normalized spacial score (nSPS) is 15.5. The van der Waals surface area contributed by atoms with Crippen molar-refractivity contribution in [3.8, 4) is 0 Å². The lowest BCUT2D eigenvalue weighted by molar-refractivity contribution is -0.969. The number of rotatable bonds is 28. The van der Waals surface area contributed by atoms with Gasteiger partial charge in [-0.15, -0.1) is 0 Å². The summed E-state index contributed by atoms with van der Waals surface area (Å²) in [5.74, 6) is -3.81. The lowest BCUT2D eigenvalue weighted by atomic mass is 9.99. The lowest BCUT2D eigenvalue weighted by Gasteiger charge is -2.49.